The second-order valence-corrected chi connectivity index (χ2v) is 10.4. The lowest BCUT2D eigenvalue weighted by Crippen LogP contribution is -2.42. The normalized spacial score (nSPS) is 12.2. The highest BCUT2D eigenvalue weighted by molar-refractivity contribution is 5.88. The van der Waals surface area contributed by atoms with Crippen molar-refractivity contribution in [2.75, 3.05) is 32.1 Å². The number of hydrogen-bond acceptors (Lipinski definition) is 8. The Hall–Kier alpha value is -4.42. The van der Waals surface area contributed by atoms with E-state index in [1.165, 1.54) is 22.4 Å². The molecule has 42 heavy (non-hydrogen) atoms. The average molecular weight is 583 g/mol. The van der Waals surface area contributed by atoms with Crippen molar-refractivity contribution in [3.63, 3.8) is 0 Å². The van der Waals surface area contributed by atoms with Gasteiger partial charge in [0.2, 0.25) is 0 Å². The highest BCUT2D eigenvalue weighted by Gasteiger charge is 2.40. The minimum absolute atomic E-state index is 0.811. The fraction of sp³-hybridized carbons (Fsp3) is 0.400. The number of aromatic nitrogens is 2. The minimum atomic E-state index is -2.74. The molecule has 2 aromatic carbocycles. The summed E-state index contributed by atoms with van der Waals surface area (Å²) in [6.45, 7) is 4.75. The lowest BCUT2D eigenvalue weighted by atomic mass is 9.96. The number of aliphatic carboxylic acids is 3. The number of carbonyl (C=O) groups is 3. The van der Waals surface area contributed by atoms with Gasteiger partial charge in [0.05, 0.1) is 25.8 Å². The molecule has 1 aromatic heterocycles. The third kappa shape index (κ3) is 9.89. The number of benzene rings is 2. The third-order valence-corrected chi connectivity index (χ3v) is 6.75. The van der Waals surface area contributed by atoms with Gasteiger partial charge in [-0.15, -0.1) is 0 Å². The quantitative estimate of drug-likeness (QED) is 0.221. The van der Waals surface area contributed by atoms with Crippen LogP contribution < -0.4 is 9.64 Å². The highest BCUT2D eigenvalue weighted by atomic mass is 16.5. The minimum Gasteiger partial charge on any atom is -0.493 e. The maximum absolute atomic E-state index is 10.3. The fourth-order valence-corrected chi connectivity index (χ4v) is 4.58. The molecule has 0 spiro atoms. The first-order chi connectivity index (χ1) is 19.9. The van der Waals surface area contributed by atoms with Crippen LogP contribution in [0.3, 0.4) is 0 Å². The number of carboxylic acid groups (broad SMARTS) is 3. The van der Waals surface area contributed by atoms with Gasteiger partial charge in [-0.2, -0.15) is 0 Å². The number of ether oxygens (including phenoxy) is 1. The predicted molar refractivity (Wildman–Crippen MR) is 154 cm³/mol. The van der Waals surface area contributed by atoms with Crippen LogP contribution in [0, 0.1) is 0 Å². The van der Waals surface area contributed by atoms with Gasteiger partial charge in [0.1, 0.15) is 5.75 Å². The second-order valence-electron chi connectivity index (χ2n) is 10.4. The van der Waals surface area contributed by atoms with Gasteiger partial charge in [-0.1, -0.05) is 24.3 Å². The van der Waals surface area contributed by atoms with Crippen LogP contribution in [0.2, 0.25) is 0 Å². The number of aryl methyl sites for hydroxylation is 1. The summed E-state index contributed by atoms with van der Waals surface area (Å²) in [7, 11) is 4.16. The van der Waals surface area contributed by atoms with Crippen LogP contribution in [-0.2, 0) is 40.4 Å². The van der Waals surface area contributed by atoms with E-state index >= 15 is 0 Å². The molecule has 0 fully saturated rings. The largest absolute Gasteiger partial charge is 0.493 e. The molecule has 4 rings (SSSR count). The number of fused-ring (bicyclic) bond motifs is 1. The van der Waals surface area contributed by atoms with E-state index < -0.39 is 36.4 Å². The first kappa shape index (κ1) is 32.1. The van der Waals surface area contributed by atoms with Gasteiger partial charge in [-0.05, 0) is 41.3 Å². The van der Waals surface area contributed by atoms with E-state index in [4.69, 9.17) is 25.2 Å². The number of hydrogen-bond donors (Lipinski definition) is 4. The molecule has 3 aromatic rings. The van der Waals surface area contributed by atoms with Crippen LogP contribution in [0.4, 0.5) is 5.69 Å². The molecule has 0 atom stereocenters. The topological polar surface area (TPSA) is 166 Å². The van der Waals surface area contributed by atoms with Crippen molar-refractivity contribution in [3.8, 4) is 5.75 Å². The molecule has 1 aliphatic heterocycles. The summed E-state index contributed by atoms with van der Waals surface area (Å²) in [5, 5.41) is 33.8. The molecule has 12 heteroatoms. The summed E-state index contributed by atoms with van der Waals surface area (Å²) in [4.78, 5) is 39.3. The van der Waals surface area contributed by atoms with Gasteiger partial charge in [-0.3, -0.25) is 14.5 Å². The van der Waals surface area contributed by atoms with Crippen molar-refractivity contribution in [1.29, 1.82) is 0 Å². The van der Waals surface area contributed by atoms with Crippen molar-refractivity contribution in [2.24, 2.45) is 0 Å². The lowest BCUT2D eigenvalue weighted by molar-refractivity contribution is -0.170. The van der Waals surface area contributed by atoms with Crippen molar-refractivity contribution in [1.82, 2.24) is 14.5 Å². The fourth-order valence-electron chi connectivity index (χ4n) is 4.58. The molecule has 0 unspecified atom stereocenters. The zero-order valence-electron chi connectivity index (χ0n) is 23.8. The van der Waals surface area contributed by atoms with Gasteiger partial charge in [0.25, 0.3) is 0 Å². The third-order valence-electron chi connectivity index (χ3n) is 6.75. The molecule has 0 radical (unpaired) electrons. The van der Waals surface area contributed by atoms with Gasteiger partial charge in [-0.25, -0.2) is 9.78 Å². The summed E-state index contributed by atoms with van der Waals surface area (Å²) in [5.74, 6) is -3.96. The molecule has 12 nitrogen and oxygen atoms in total. The lowest BCUT2D eigenvalue weighted by Gasteiger charge is -2.23. The summed E-state index contributed by atoms with van der Waals surface area (Å²) in [5.41, 5.74) is 2.55. The van der Waals surface area contributed by atoms with E-state index in [1.807, 2.05) is 18.7 Å². The average Bonchev–Trinajstić information content (AvgIpc) is 3.60. The van der Waals surface area contributed by atoms with E-state index in [-0.39, 0.29) is 0 Å². The van der Waals surface area contributed by atoms with Crippen molar-refractivity contribution < 1.29 is 39.5 Å². The number of imidazole rings is 1. The Balaban J connectivity index is 0.000000316. The summed E-state index contributed by atoms with van der Waals surface area (Å²) >= 11 is 0. The summed E-state index contributed by atoms with van der Waals surface area (Å²) in [6.07, 6.45) is 5.60. The summed E-state index contributed by atoms with van der Waals surface area (Å²) < 4.78 is 7.81. The van der Waals surface area contributed by atoms with Crippen LogP contribution >= 0.6 is 0 Å². The van der Waals surface area contributed by atoms with Crippen LogP contribution in [0.5, 0.6) is 5.75 Å². The van der Waals surface area contributed by atoms with Gasteiger partial charge >= 0.3 is 17.9 Å². The Labute approximate surface area is 244 Å². The Morgan fingerprint density at radius 2 is 1.62 bits per heavy atom. The van der Waals surface area contributed by atoms with Crippen LogP contribution in [0.25, 0.3) is 0 Å². The Bertz CT molecular complexity index is 1310. The maximum atomic E-state index is 10.3. The molecule has 0 saturated heterocycles. The maximum Gasteiger partial charge on any atom is 0.336 e. The number of nitrogens with zero attached hydrogens (tertiary/aromatic N) is 4. The Morgan fingerprint density at radius 3 is 2.19 bits per heavy atom. The van der Waals surface area contributed by atoms with Crippen LogP contribution in [-0.4, -0.2) is 85.6 Å². The number of rotatable bonds is 14. The number of carboxylic acids is 3. The van der Waals surface area contributed by atoms with E-state index in [1.54, 1.807) is 0 Å². The second kappa shape index (κ2) is 15.0. The highest BCUT2D eigenvalue weighted by Crippen LogP contribution is 2.27. The van der Waals surface area contributed by atoms with Crippen LogP contribution in [0.15, 0.2) is 61.2 Å². The van der Waals surface area contributed by atoms with E-state index in [0.717, 1.165) is 51.4 Å². The molecule has 1 aliphatic rings. The molecule has 0 amide bonds. The molecule has 0 bridgehead atoms. The molecular formula is C30H38N4O8. The Kier molecular flexibility index (Phi) is 11.5. The molecule has 2 heterocycles. The van der Waals surface area contributed by atoms with Gasteiger partial charge in [0, 0.05) is 64.8 Å². The monoisotopic (exact) mass is 582 g/mol. The smallest absolute Gasteiger partial charge is 0.336 e. The molecule has 0 aliphatic carbocycles. The first-order valence-corrected chi connectivity index (χ1v) is 13.5. The summed E-state index contributed by atoms with van der Waals surface area (Å²) in [6, 6.07) is 15.6. The molecule has 0 saturated carbocycles. The van der Waals surface area contributed by atoms with Crippen LogP contribution in [0.1, 0.15) is 36.0 Å². The van der Waals surface area contributed by atoms with E-state index in [2.05, 4.69) is 75.9 Å². The van der Waals surface area contributed by atoms with Crippen molar-refractivity contribution in [3.05, 3.63) is 77.9 Å². The van der Waals surface area contributed by atoms with Gasteiger partial charge in [0.15, 0.2) is 5.60 Å². The molecule has 4 N–H and O–H groups in total. The molecule has 226 valence electrons. The first-order valence-electron chi connectivity index (χ1n) is 13.5. The zero-order valence-corrected chi connectivity index (χ0v) is 23.8. The van der Waals surface area contributed by atoms with Crippen molar-refractivity contribution >= 4 is 23.6 Å². The number of anilines is 1. The van der Waals surface area contributed by atoms with E-state index in [0.29, 0.717) is 0 Å². The number of aliphatic hydroxyl groups is 1. The predicted octanol–water partition coefficient (Wildman–Crippen LogP) is 2.73. The van der Waals surface area contributed by atoms with Gasteiger partial charge < -0.3 is 34.6 Å². The zero-order chi connectivity index (χ0) is 30.7. The SMILES string of the molecule is CN(C)c1ccc(CN(CCCn2ccnc2)Cc2ccc3c(c2)CCO3)cc1.O=C(O)CC(O)(CC(=O)O)C(=O)O. The van der Waals surface area contributed by atoms with Crippen molar-refractivity contribution in [2.45, 2.75) is 50.9 Å². The Morgan fingerprint density at radius 1 is 0.976 bits per heavy atom. The standard InChI is InChI=1S/C24H30N4O.C6H8O7/c1-26(2)23-7-4-20(5-8-23)17-28(13-3-12-27-14-11-25-19-27)18-21-6-9-24-22(16-21)10-15-29-24;7-3(8)1-6(13,5(11)12)2-4(9)10/h4-9,11,14,16,19H,3,10,12-13,15,17-18H2,1-2H3;13H,1-2H2,(H,7,8)(H,9,10)(H,11,12). The molecular weight excluding hydrogens is 544 g/mol. The van der Waals surface area contributed by atoms with E-state index in [9.17, 15) is 14.4 Å².